The lowest BCUT2D eigenvalue weighted by Gasteiger charge is -2.17. The van der Waals surface area contributed by atoms with Gasteiger partial charge in [-0.2, -0.15) is 17.5 Å². The number of anilines is 1. The Hall–Kier alpha value is -1.61. The van der Waals surface area contributed by atoms with Crippen LogP contribution in [0.1, 0.15) is 17.1 Å². The molecule has 1 aliphatic rings. The van der Waals surface area contributed by atoms with Crippen LogP contribution in [0.4, 0.5) is 18.3 Å². The van der Waals surface area contributed by atoms with Gasteiger partial charge in [-0.15, -0.1) is 22.7 Å². The lowest BCUT2D eigenvalue weighted by atomic mass is 10.1. The first-order valence-electron chi connectivity index (χ1n) is 7.93. The summed E-state index contributed by atoms with van der Waals surface area (Å²) in [5.74, 6) is -1.48. The first-order valence-corrected chi connectivity index (χ1v) is 11.1. The van der Waals surface area contributed by atoms with Crippen LogP contribution in [0.2, 0.25) is 0 Å². The highest BCUT2D eigenvalue weighted by molar-refractivity contribution is 7.90. The van der Waals surface area contributed by atoms with Gasteiger partial charge < -0.3 is 10.4 Å². The maximum atomic E-state index is 12.6. The van der Waals surface area contributed by atoms with Gasteiger partial charge in [0.2, 0.25) is 5.91 Å². The van der Waals surface area contributed by atoms with Gasteiger partial charge in [0.25, 0.3) is 0 Å². The molecule has 1 unspecified atom stereocenters. The van der Waals surface area contributed by atoms with Crippen molar-refractivity contribution < 1.29 is 31.5 Å². The Labute approximate surface area is 166 Å². The fraction of sp³-hybridized carbons (Fsp3) is 0.500. The number of aliphatic hydroxyl groups excluding tert-OH is 1. The number of alkyl halides is 3. The first-order chi connectivity index (χ1) is 13.0. The van der Waals surface area contributed by atoms with Gasteiger partial charge in [0.05, 0.1) is 28.8 Å². The lowest BCUT2D eigenvalue weighted by molar-refractivity contribution is -0.119. The summed E-state index contributed by atoms with van der Waals surface area (Å²) in [5.41, 5.74) is -4.15. The minimum Gasteiger partial charge on any atom is -0.389 e. The van der Waals surface area contributed by atoms with Crippen LogP contribution in [-0.4, -0.2) is 52.3 Å². The van der Waals surface area contributed by atoms with Crippen molar-refractivity contribution in [1.82, 2.24) is 14.3 Å². The molecule has 2 aromatic rings. The van der Waals surface area contributed by atoms with Crippen LogP contribution >= 0.6 is 22.7 Å². The van der Waals surface area contributed by atoms with Gasteiger partial charge in [0.15, 0.2) is 5.13 Å². The minimum atomic E-state index is -5.44. The second kappa shape index (κ2) is 7.67. The van der Waals surface area contributed by atoms with Crippen LogP contribution in [0.15, 0.2) is 5.38 Å². The van der Waals surface area contributed by atoms with Gasteiger partial charge in [-0.3, -0.25) is 4.79 Å². The monoisotopic (exact) mass is 456 g/mol. The molecule has 2 aromatic heterocycles. The molecule has 0 spiro atoms. The molecule has 1 saturated heterocycles. The van der Waals surface area contributed by atoms with E-state index in [1.165, 1.54) is 11.3 Å². The molecule has 154 valence electrons. The molecule has 8 nitrogen and oxygen atoms in total. The summed E-state index contributed by atoms with van der Waals surface area (Å²) < 4.78 is 61.0. The van der Waals surface area contributed by atoms with Crippen molar-refractivity contribution in [1.29, 1.82) is 0 Å². The van der Waals surface area contributed by atoms with E-state index in [9.17, 15) is 26.4 Å². The number of nitrogens with one attached hydrogen (secondary N) is 1. The summed E-state index contributed by atoms with van der Waals surface area (Å²) in [6.07, 6.45) is -0.00676. The van der Waals surface area contributed by atoms with Crippen molar-refractivity contribution in [2.24, 2.45) is 5.92 Å². The normalized spacial score (nSPS) is 18.5. The van der Waals surface area contributed by atoms with E-state index < -0.39 is 33.9 Å². The van der Waals surface area contributed by atoms with Crippen molar-refractivity contribution in [3.05, 3.63) is 16.1 Å². The Morgan fingerprint density at radius 2 is 2.14 bits per heavy atom. The number of rotatable bonds is 5. The predicted octanol–water partition coefficient (Wildman–Crippen LogP) is 2.18. The third kappa shape index (κ3) is 4.05. The standard InChI is InChI=1S/C14H15F3N4O4S3/c1-7-11(27-10(5-22)18-7)9-6-26-13(19-9)20-12(23)8-2-3-21(4-8)28(24,25)14(15,16)17/h6,8,22H,2-5H2,1H3,(H,19,20,23). The lowest BCUT2D eigenvalue weighted by Crippen LogP contribution is -2.40. The number of amides is 1. The zero-order chi connectivity index (χ0) is 20.7. The molecule has 0 aliphatic carbocycles. The topological polar surface area (TPSA) is 112 Å². The van der Waals surface area contributed by atoms with Gasteiger partial charge in [-0.1, -0.05) is 0 Å². The molecule has 1 atom stereocenters. The molecule has 1 amide bonds. The number of halogens is 3. The van der Waals surface area contributed by atoms with E-state index in [0.29, 0.717) is 16.4 Å². The zero-order valence-electron chi connectivity index (χ0n) is 14.4. The van der Waals surface area contributed by atoms with Crippen molar-refractivity contribution >= 4 is 43.7 Å². The van der Waals surface area contributed by atoms with Gasteiger partial charge in [0.1, 0.15) is 5.01 Å². The molecule has 0 bridgehead atoms. The van der Waals surface area contributed by atoms with E-state index in [2.05, 4.69) is 15.3 Å². The Morgan fingerprint density at radius 3 is 2.75 bits per heavy atom. The van der Waals surface area contributed by atoms with Crippen molar-refractivity contribution in [2.75, 3.05) is 18.4 Å². The number of nitrogens with zero attached hydrogens (tertiary/aromatic N) is 3. The van der Waals surface area contributed by atoms with E-state index in [1.54, 1.807) is 12.3 Å². The summed E-state index contributed by atoms with van der Waals surface area (Å²) >= 11 is 2.40. The molecule has 1 fully saturated rings. The van der Waals surface area contributed by atoms with Crippen molar-refractivity contribution in [2.45, 2.75) is 25.5 Å². The van der Waals surface area contributed by atoms with Gasteiger partial charge in [0, 0.05) is 18.5 Å². The fourth-order valence-corrected chi connectivity index (χ4v) is 5.39. The average Bonchev–Trinajstić information content (AvgIpc) is 3.32. The molecule has 0 aromatic carbocycles. The molecular weight excluding hydrogens is 441 g/mol. The van der Waals surface area contributed by atoms with E-state index >= 15 is 0 Å². The van der Waals surface area contributed by atoms with Gasteiger partial charge in [-0.25, -0.2) is 18.4 Å². The summed E-state index contributed by atoms with van der Waals surface area (Å²) in [7, 11) is -5.44. The highest BCUT2D eigenvalue weighted by atomic mass is 32.2. The zero-order valence-corrected chi connectivity index (χ0v) is 16.8. The second-order valence-corrected chi connectivity index (χ2v) is 9.87. The molecule has 3 rings (SSSR count). The molecule has 0 radical (unpaired) electrons. The molecule has 3 heterocycles. The minimum absolute atomic E-state index is 0.00676. The van der Waals surface area contributed by atoms with Gasteiger partial charge >= 0.3 is 15.5 Å². The summed E-state index contributed by atoms with van der Waals surface area (Å²) in [6.45, 7) is 0.668. The SMILES string of the molecule is Cc1nc(CO)sc1-c1csc(NC(=O)C2CCN(S(=O)(=O)C(F)(F)F)C2)n1. The van der Waals surface area contributed by atoms with Crippen LogP contribution in [0, 0.1) is 12.8 Å². The molecule has 2 N–H and O–H groups in total. The fourth-order valence-electron chi connectivity index (χ4n) is 2.71. The van der Waals surface area contributed by atoms with Crippen LogP contribution < -0.4 is 5.32 Å². The maximum Gasteiger partial charge on any atom is 0.511 e. The molecule has 1 aliphatic heterocycles. The number of aliphatic hydroxyl groups is 1. The number of aryl methyl sites for hydroxylation is 1. The highest BCUT2D eigenvalue weighted by Gasteiger charge is 2.52. The van der Waals surface area contributed by atoms with E-state index in [0.717, 1.165) is 16.2 Å². The summed E-state index contributed by atoms with van der Waals surface area (Å²) in [5, 5.41) is 14.1. The number of hydrogen-bond acceptors (Lipinski definition) is 8. The first kappa shape index (κ1) is 21.1. The van der Waals surface area contributed by atoms with E-state index in [-0.39, 0.29) is 29.0 Å². The molecule has 14 heteroatoms. The van der Waals surface area contributed by atoms with Crippen molar-refractivity contribution in [3.63, 3.8) is 0 Å². The van der Waals surface area contributed by atoms with Crippen LogP contribution in [-0.2, 0) is 21.4 Å². The summed E-state index contributed by atoms with van der Waals surface area (Å²) in [4.78, 5) is 21.5. The Kier molecular flexibility index (Phi) is 5.78. The van der Waals surface area contributed by atoms with E-state index in [1.807, 2.05) is 0 Å². The number of sulfonamides is 1. The average molecular weight is 456 g/mol. The smallest absolute Gasteiger partial charge is 0.389 e. The number of carbonyl (C=O) groups excluding carboxylic acids is 1. The third-order valence-electron chi connectivity index (χ3n) is 4.10. The quantitative estimate of drug-likeness (QED) is 0.713. The predicted molar refractivity (Wildman–Crippen MR) is 97.2 cm³/mol. The summed E-state index contributed by atoms with van der Waals surface area (Å²) in [6, 6.07) is 0. The number of aromatic nitrogens is 2. The Morgan fingerprint density at radius 1 is 1.43 bits per heavy atom. The number of thiazole rings is 2. The largest absolute Gasteiger partial charge is 0.511 e. The number of carbonyl (C=O) groups is 1. The highest BCUT2D eigenvalue weighted by Crippen LogP contribution is 2.34. The molecular formula is C14H15F3N4O4S3. The number of hydrogen-bond donors (Lipinski definition) is 2. The molecule has 28 heavy (non-hydrogen) atoms. The Balaban J connectivity index is 1.66. The third-order valence-corrected chi connectivity index (χ3v) is 7.62. The molecule has 0 saturated carbocycles. The Bertz CT molecular complexity index is 986. The van der Waals surface area contributed by atoms with Crippen molar-refractivity contribution in [3.8, 4) is 10.6 Å². The van der Waals surface area contributed by atoms with Crippen LogP contribution in [0.25, 0.3) is 10.6 Å². The van der Waals surface area contributed by atoms with E-state index in [4.69, 9.17) is 5.11 Å². The second-order valence-electron chi connectivity index (χ2n) is 6.00. The van der Waals surface area contributed by atoms with Crippen LogP contribution in [0.3, 0.4) is 0 Å². The maximum absolute atomic E-state index is 12.6. The van der Waals surface area contributed by atoms with Crippen LogP contribution in [0.5, 0.6) is 0 Å². The van der Waals surface area contributed by atoms with Gasteiger partial charge in [-0.05, 0) is 13.3 Å².